The van der Waals surface area contributed by atoms with Crippen LogP contribution in [0.1, 0.15) is 12.8 Å². The molecule has 1 saturated heterocycles. The third-order valence-electron chi connectivity index (χ3n) is 3.54. The summed E-state index contributed by atoms with van der Waals surface area (Å²) in [6, 6.07) is 12.0. The molecule has 0 aromatic heterocycles. The first kappa shape index (κ1) is 14.4. The molecular weight excluding hydrogens is 302 g/mol. The quantitative estimate of drug-likeness (QED) is 0.818. The number of thioether (sulfide) groups is 1. The zero-order chi connectivity index (χ0) is 14.7. The van der Waals surface area contributed by atoms with Gasteiger partial charge in [0.25, 0.3) is 0 Å². The van der Waals surface area contributed by atoms with Gasteiger partial charge in [-0.1, -0.05) is 42.2 Å². The van der Waals surface area contributed by atoms with Crippen LogP contribution in [0.3, 0.4) is 0 Å². The molecule has 108 valence electrons. The Bertz CT molecular complexity index is 616. The average Bonchev–Trinajstić information content (AvgIpc) is 2.49. The highest BCUT2D eigenvalue weighted by Crippen LogP contribution is 2.42. The molecule has 6 heteroatoms. The Morgan fingerprint density at radius 3 is 2.67 bits per heavy atom. The molecule has 2 aliphatic rings. The summed E-state index contributed by atoms with van der Waals surface area (Å²) < 4.78 is 5.44. The van der Waals surface area contributed by atoms with Crippen LogP contribution in [-0.4, -0.2) is 23.1 Å². The van der Waals surface area contributed by atoms with Gasteiger partial charge in [-0.2, -0.15) is 5.26 Å². The molecule has 0 saturated carbocycles. The summed E-state index contributed by atoms with van der Waals surface area (Å²) in [5, 5.41) is 16.9. The van der Waals surface area contributed by atoms with Crippen molar-refractivity contribution in [2.24, 2.45) is 0 Å². The molecule has 1 spiro atoms. The number of thiocarbonyl (C=S) groups is 1. The minimum absolute atomic E-state index is 0.160. The third kappa shape index (κ3) is 3.05. The number of nitriles is 1. The number of nitrogens with zero attached hydrogens (tertiary/aromatic N) is 1. The summed E-state index contributed by atoms with van der Waals surface area (Å²) in [5.41, 5.74) is 1.47. The van der Waals surface area contributed by atoms with Gasteiger partial charge < -0.3 is 15.4 Å². The summed E-state index contributed by atoms with van der Waals surface area (Å²) in [4.78, 5) is 0.365. The second-order valence-corrected chi connectivity index (χ2v) is 6.77. The van der Waals surface area contributed by atoms with E-state index in [1.807, 2.05) is 30.3 Å². The van der Waals surface area contributed by atoms with E-state index in [4.69, 9.17) is 17.0 Å². The molecule has 0 amide bonds. The van der Waals surface area contributed by atoms with E-state index in [0.29, 0.717) is 23.8 Å². The molecule has 2 aliphatic heterocycles. The van der Waals surface area contributed by atoms with E-state index in [0.717, 1.165) is 23.6 Å². The third-order valence-corrected chi connectivity index (χ3v) is 5.25. The lowest BCUT2D eigenvalue weighted by atomic mass is 10.1. The van der Waals surface area contributed by atoms with Crippen molar-refractivity contribution in [2.45, 2.75) is 17.7 Å². The van der Waals surface area contributed by atoms with Gasteiger partial charge in [-0.25, -0.2) is 0 Å². The molecule has 0 unspecified atom stereocenters. The van der Waals surface area contributed by atoms with Gasteiger partial charge in [0.1, 0.15) is 16.6 Å². The monoisotopic (exact) mass is 317 g/mol. The van der Waals surface area contributed by atoms with Crippen molar-refractivity contribution >= 4 is 34.7 Å². The van der Waals surface area contributed by atoms with Crippen LogP contribution >= 0.6 is 24.0 Å². The van der Waals surface area contributed by atoms with E-state index in [1.54, 1.807) is 11.8 Å². The normalized spacial score (nSPS) is 20.8. The van der Waals surface area contributed by atoms with Crippen LogP contribution in [0, 0.1) is 11.3 Å². The number of nitrogens with one attached hydrogen (secondary N) is 2. The largest absolute Gasteiger partial charge is 0.381 e. The summed E-state index contributed by atoms with van der Waals surface area (Å²) >= 11 is 7.04. The standard InChI is InChI=1S/C15H15N3OS2/c16-10-12-13(20)18-15(6-8-19-9-7-15)21-14(12)17-11-4-2-1-3-5-11/h1-5,17H,6-9H2,(H,18,20). The number of ether oxygens (including phenoxy) is 1. The average molecular weight is 317 g/mol. The molecule has 2 N–H and O–H groups in total. The van der Waals surface area contributed by atoms with Crippen molar-refractivity contribution in [2.75, 3.05) is 18.5 Å². The van der Waals surface area contributed by atoms with Gasteiger partial charge in [0.15, 0.2) is 0 Å². The number of hydrogen-bond acceptors (Lipinski definition) is 5. The number of rotatable bonds is 2. The predicted octanol–water partition coefficient (Wildman–Crippen LogP) is 3.00. The van der Waals surface area contributed by atoms with Crippen molar-refractivity contribution in [3.05, 3.63) is 40.9 Å². The van der Waals surface area contributed by atoms with E-state index < -0.39 is 0 Å². The minimum Gasteiger partial charge on any atom is -0.381 e. The Labute approximate surface area is 133 Å². The maximum Gasteiger partial charge on any atom is 0.121 e. The first-order valence-corrected chi connectivity index (χ1v) is 8.01. The summed E-state index contributed by atoms with van der Waals surface area (Å²) in [5.74, 6) is 0. The zero-order valence-corrected chi connectivity index (χ0v) is 13.0. The first-order chi connectivity index (χ1) is 10.2. The summed E-state index contributed by atoms with van der Waals surface area (Å²) in [6.45, 7) is 1.42. The van der Waals surface area contributed by atoms with Gasteiger partial charge in [-0.05, 0) is 12.1 Å². The number of benzene rings is 1. The molecule has 0 bridgehead atoms. The first-order valence-electron chi connectivity index (χ1n) is 6.78. The van der Waals surface area contributed by atoms with Crippen LogP contribution in [0.4, 0.5) is 5.69 Å². The fraction of sp³-hybridized carbons (Fsp3) is 0.333. The van der Waals surface area contributed by atoms with Crippen LogP contribution in [0.5, 0.6) is 0 Å². The van der Waals surface area contributed by atoms with Gasteiger partial charge in [-0.3, -0.25) is 0 Å². The van der Waals surface area contributed by atoms with Crippen LogP contribution in [0.2, 0.25) is 0 Å². The lowest BCUT2D eigenvalue weighted by Gasteiger charge is -2.41. The lowest BCUT2D eigenvalue weighted by molar-refractivity contribution is 0.0741. The predicted molar refractivity (Wildman–Crippen MR) is 88.8 cm³/mol. The zero-order valence-electron chi connectivity index (χ0n) is 11.4. The molecule has 1 aromatic rings. The number of para-hydroxylation sites is 1. The molecule has 0 aliphatic carbocycles. The van der Waals surface area contributed by atoms with Crippen LogP contribution < -0.4 is 10.6 Å². The Balaban J connectivity index is 1.90. The molecule has 1 aromatic carbocycles. The second kappa shape index (κ2) is 6.06. The van der Waals surface area contributed by atoms with Crippen molar-refractivity contribution < 1.29 is 4.74 Å². The molecule has 3 rings (SSSR count). The van der Waals surface area contributed by atoms with Gasteiger partial charge >= 0.3 is 0 Å². The van der Waals surface area contributed by atoms with Crippen LogP contribution in [0.25, 0.3) is 0 Å². The fourth-order valence-corrected chi connectivity index (χ4v) is 4.22. The summed E-state index contributed by atoms with van der Waals surface area (Å²) in [6.07, 6.45) is 1.74. The molecule has 2 heterocycles. The Morgan fingerprint density at radius 1 is 1.29 bits per heavy atom. The molecule has 4 nitrogen and oxygen atoms in total. The van der Waals surface area contributed by atoms with Gasteiger partial charge in [0.2, 0.25) is 0 Å². The van der Waals surface area contributed by atoms with E-state index in [1.165, 1.54) is 0 Å². The van der Waals surface area contributed by atoms with Crippen molar-refractivity contribution in [1.29, 1.82) is 5.26 Å². The SMILES string of the molecule is N#CC1=C(Nc2ccccc2)SC2(CCOCC2)NC1=S. The van der Waals surface area contributed by atoms with Crippen LogP contribution in [0.15, 0.2) is 40.9 Å². The Morgan fingerprint density at radius 2 is 2.00 bits per heavy atom. The van der Waals surface area contributed by atoms with Crippen molar-refractivity contribution in [3.8, 4) is 6.07 Å². The maximum absolute atomic E-state index is 9.38. The lowest BCUT2D eigenvalue weighted by Crippen LogP contribution is -2.52. The fourth-order valence-electron chi connectivity index (χ4n) is 2.41. The van der Waals surface area contributed by atoms with Crippen LogP contribution in [-0.2, 0) is 4.74 Å². The highest BCUT2D eigenvalue weighted by atomic mass is 32.2. The molecule has 21 heavy (non-hydrogen) atoms. The second-order valence-electron chi connectivity index (χ2n) is 4.97. The molecule has 0 radical (unpaired) electrons. The van der Waals surface area contributed by atoms with Gasteiger partial charge in [-0.15, -0.1) is 0 Å². The topological polar surface area (TPSA) is 57.1 Å². The highest BCUT2D eigenvalue weighted by molar-refractivity contribution is 8.04. The van der Waals surface area contributed by atoms with E-state index in [9.17, 15) is 5.26 Å². The molecule has 1 fully saturated rings. The van der Waals surface area contributed by atoms with E-state index in [2.05, 4.69) is 16.7 Å². The van der Waals surface area contributed by atoms with E-state index in [-0.39, 0.29) is 4.87 Å². The van der Waals surface area contributed by atoms with Crippen molar-refractivity contribution in [1.82, 2.24) is 5.32 Å². The number of hydrogen-bond donors (Lipinski definition) is 2. The van der Waals surface area contributed by atoms with Gasteiger partial charge in [0.05, 0.1) is 9.90 Å². The van der Waals surface area contributed by atoms with Gasteiger partial charge in [0, 0.05) is 31.7 Å². The molecule has 0 atom stereocenters. The smallest absolute Gasteiger partial charge is 0.121 e. The Hall–Kier alpha value is -1.55. The summed E-state index contributed by atoms with van der Waals surface area (Å²) in [7, 11) is 0. The van der Waals surface area contributed by atoms with E-state index >= 15 is 0 Å². The van der Waals surface area contributed by atoms with Crippen molar-refractivity contribution in [3.63, 3.8) is 0 Å². The maximum atomic E-state index is 9.38. The number of anilines is 1. The molecular formula is C15H15N3OS2. The Kier molecular flexibility index (Phi) is 4.15. The minimum atomic E-state index is -0.160. The highest BCUT2D eigenvalue weighted by Gasteiger charge is 2.40.